The Hall–Kier alpha value is 0. The Balaban J connectivity index is 5.02. The van der Waals surface area contributed by atoms with Crippen LogP contribution in [0.3, 0.4) is 0 Å². The Kier molecular flexibility index (Phi) is 13.6. The lowest BCUT2D eigenvalue weighted by atomic mass is 9.68. The van der Waals surface area contributed by atoms with Gasteiger partial charge in [-0.3, -0.25) is 0 Å². The predicted molar refractivity (Wildman–Crippen MR) is 98.8 cm³/mol. The van der Waals surface area contributed by atoms with E-state index in [0.29, 0.717) is 0 Å². The van der Waals surface area contributed by atoms with Crippen LogP contribution in [-0.4, -0.2) is 0 Å². The summed E-state index contributed by atoms with van der Waals surface area (Å²) in [5, 5.41) is 0. The molecule has 0 aliphatic heterocycles. The van der Waals surface area contributed by atoms with Crippen molar-refractivity contribution in [1.82, 2.24) is 0 Å². The second-order valence-corrected chi connectivity index (χ2v) is 7.36. The van der Waals surface area contributed by atoms with Crippen molar-refractivity contribution in [2.24, 2.45) is 23.7 Å². The van der Waals surface area contributed by atoms with Crippen LogP contribution >= 0.6 is 0 Å². The van der Waals surface area contributed by atoms with E-state index in [0.717, 1.165) is 23.7 Å². The summed E-state index contributed by atoms with van der Waals surface area (Å²) in [6.45, 7) is 14.4. The Morgan fingerprint density at radius 3 is 1.52 bits per heavy atom. The predicted octanol–water partition coefficient (Wildman–Crippen LogP) is 7.86. The minimum absolute atomic E-state index is 0.924. The largest absolute Gasteiger partial charge is 0.0654 e. The Labute approximate surface area is 136 Å². The molecule has 0 aliphatic carbocycles. The molecule has 0 heterocycles. The number of hydrogen-bond acceptors (Lipinski definition) is 0. The molecular weight excluding hydrogens is 252 g/mol. The van der Waals surface area contributed by atoms with Crippen LogP contribution in [0.25, 0.3) is 0 Å². The van der Waals surface area contributed by atoms with Crippen LogP contribution < -0.4 is 0 Å². The van der Waals surface area contributed by atoms with E-state index < -0.39 is 0 Å². The zero-order valence-corrected chi connectivity index (χ0v) is 16.1. The van der Waals surface area contributed by atoms with Crippen LogP contribution in [-0.2, 0) is 0 Å². The van der Waals surface area contributed by atoms with E-state index in [4.69, 9.17) is 0 Å². The average molecular weight is 297 g/mol. The standard InChI is InChI=1S/C21H44/c1-7-12-17-19(14-9-3)21(16-11-5)20(15-10-4)18(6)13-8-2/h18-21H,7-17H2,1-6H3. The van der Waals surface area contributed by atoms with Gasteiger partial charge in [-0.2, -0.15) is 0 Å². The molecule has 0 saturated heterocycles. The van der Waals surface area contributed by atoms with Gasteiger partial charge in [0.2, 0.25) is 0 Å². The number of hydrogen-bond donors (Lipinski definition) is 0. The summed E-state index contributed by atoms with van der Waals surface area (Å²) in [7, 11) is 0. The monoisotopic (exact) mass is 296 g/mol. The highest BCUT2D eigenvalue weighted by Gasteiger charge is 2.30. The molecule has 0 aromatic carbocycles. The molecule has 0 nitrogen and oxygen atoms in total. The molecule has 0 aromatic heterocycles. The maximum atomic E-state index is 2.54. The van der Waals surface area contributed by atoms with Crippen molar-refractivity contribution in [3.05, 3.63) is 0 Å². The van der Waals surface area contributed by atoms with E-state index in [9.17, 15) is 0 Å². The molecule has 0 bridgehead atoms. The van der Waals surface area contributed by atoms with E-state index >= 15 is 0 Å². The highest BCUT2D eigenvalue weighted by Crippen LogP contribution is 2.40. The highest BCUT2D eigenvalue weighted by atomic mass is 14.4. The molecule has 0 amide bonds. The first-order valence-corrected chi connectivity index (χ1v) is 10.2. The zero-order valence-electron chi connectivity index (χ0n) is 16.1. The van der Waals surface area contributed by atoms with Crippen LogP contribution in [0.15, 0.2) is 0 Å². The summed E-state index contributed by atoms with van der Waals surface area (Å²) in [6.07, 6.45) is 15.6. The molecule has 0 rings (SSSR count). The topological polar surface area (TPSA) is 0 Å². The molecule has 4 unspecified atom stereocenters. The van der Waals surface area contributed by atoms with Gasteiger partial charge in [0.15, 0.2) is 0 Å². The molecular formula is C21H44. The molecule has 0 spiro atoms. The lowest BCUT2D eigenvalue weighted by Gasteiger charge is -2.37. The third kappa shape index (κ3) is 8.27. The highest BCUT2D eigenvalue weighted by molar-refractivity contribution is 4.80. The Morgan fingerprint density at radius 2 is 1.05 bits per heavy atom. The first kappa shape index (κ1) is 21.0. The van der Waals surface area contributed by atoms with Crippen molar-refractivity contribution in [1.29, 1.82) is 0 Å². The fourth-order valence-corrected chi connectivity index (χ4v) is 4.47. The molecule has 128 valence electrons. The van der Waals surface area contributed by atoms with Crippen molar-refractivity contribution < 1.29 is 0 Å². The summed E-state index contributed by atoms with van der Waals surface area (Å²) in [4.78, 5) is 0. The van der Waals surface area contributed by atoms with Gasteiger partial charge in [-0.05, 0) is 23.7 Å². The van der Waals surface area contributed by atoms with Crippen LogP contribution in [0.2, 0.25) is 0 Å². The summed E-state index contributed by atoms with van der Waals surface area (Å²) >= 11 is 0. The average Bonchev–Trinajstić information content (AvgIpc) is 2.47. The van der Waals surface area contributed by atoms with Crippen LogP contribution in [0.1, 0.15) is 112 Å². The summed E-state index contributed by atoms with van der Waals surface area (Å²) in [5.41, 5.74) is 0. The van der Waals surface area contributed by atoms with Crippen molar-refractivity contribution in [3.8, 4) is 0 Å². The number of unbranched alkanes of at least 4 members (excludes halogenated alkanes) is 1. The molecule has 4 atom stereocenters. The molecule has 0 saturated carbocycles. The number of rotatable bonds is 14. The third-order valence-corrected chi connectivity index (χ3v) is 5.46. The van der Waals surface area contributed by atoms with Gasteiger partial charge < -0.3 is 0 Å². The second-order valence-electron chi connectivity index (χ2n) is 7.36. The SMILES string of the molecule is CCCCC(CCC)C(CCC)C(CCC)C(C)CCC. The van der Waals surface area contributed by atoms with Gasteiger partial charge in [0, 0.05) is 0 Å². The first-order valence-electron chi connectivity index (χ1n) is 10.2. The van der Waals surface area contributed by atoms with Gasteiger partial charge in [-0.15, -0.1) is 0 Å². The first-order chi connectivity index (χ1) is 10.2. The van der Waals surface area contributed by atoms with E-state index in [2.05, 4.69) is 41.5 Å². The van der Waals surface area contributed by atoms with Crippen molar-refractivity contribution >= 4 is 0 Å². The van der Waals surface area contributed by atoms with Gasteiger partial charge >= 0.3 is 0 Å². The van der Waals surface area contributed by atoms with Crippen molar-refractivity contribution in [3.63, 3.8) is 0 Å². The fourth-order valence-electron chi connectivity index (χ4n) is 4.47. The van der Waals surface area contributed by atoms with Gasteiger partial charge in [-0.25, -0.2) is 0 Å². The Bertz CT molecular complexity index is 208. The van der Waals surface area contributed by atoms with Crippen LogP contribution in [0, 0.1) is 23.7 Å². The maximum Gasteiger partial charge on any atom is -0.0355 e. The van der Waals surface area contributed by atoms with Gasteiger partial charge in [0.25, 0.3) is 0 Å². The molecule has 0 heteroatoms. The lowest BCUT2D eigenvalue weighted by molar-refractivity contribution is 0.124. The summed E-state index contributed by atoms with van der Waals surface area (Å²) in [6, 6.07) is 0. The molecule has 0 N–H and O–H groups in total. The third-order valence-electron chi connectivity index (χ3n) is 5.46. The minimum atomic E-state index is 0.924. The van der Waals surface area contributed by atoms with Crippen LogP contribution in [0.5, 0.6) is 0 Å². The summed E-state index contributed by atoms with van der Waals surface area (Å²) in [5.74, 6) is 3.88. The van der Waals surface area contributed by atoms with E-state index in [1.807, 2.05) is 0 Å². The lowest BCUT2D eigenvalue weighted by Crippen LogP contribution is -2.29. The maximum absolute atomic E-state index is 2.54. The molecule has 21 heavy (non-hydrogen) atoms. The van der Waals surface area contributed by atoms with Gasteiger partial charge in [0.05, 0.1) is 0 Å². The van der Waals surface area contributed by atoms with E-state index in [1.165, 1.54) is 70.6 Å². The summed E-state index contributed by atoms with van der Waals surface area (Å²) < 4.78 is 0. The second kappa shape index (κ2) is 13.6. The van der Waals surface area contributed by atoms with Crippen LogP contribution in [0.4, 0.5) is 0 Å². The van der Waals surface area contributed by atoms with E-state index in [1.54, 1.807) is 0 Å². The quantitative estimate of drug-likeness (QED) is 0.306. The molecule has 0 aliphatic rings. The molecule has 0 fully saturated rings. The van der Waals surface area contributed by atoms with Crippen molar-refractivity contribution in [2.45, 2.75) is 112 Å². The van der Waals surface area contributed by atoms with Crippen molar-refractivity contribution in [2.75, 3.05) is 0 Å². The molecule has 0 aromatic rings. The Morgan fingerprint density at radius 1 is 0.524 bits per heavy atom. The normalized spacial score (nSPS) is 17.4. The zero-order chi connectivity index (χ0) is 16.1. The fraction of sp³-hybridized carbons (Fsp3) is 1.00. The van der Waals surface area contributed by atoms with Gasteiger partial charge in [0.1, 0.15) is 0 Å². The van der Waals surface area contributed by atoms with Gasteiger partial charge in [-0.1, -0.05) is 112 Å². The van der Waals surface area contributed by atoms with E-state index in [-0.39, 0.29) is 0 Å². The molecule has 0 radical (unpaired) electrons. The smallest absolute Gasteiger partial charge is 0.0355 e. The minimum Gasteiger partial charge on any atom is -0.0654 e.